The molecule has 0 aliphatic carbocycles. The van der Waals surface area contributed by atoms with Gasteiger partial charge in [-0.15, -0.1) is 0 Å². The number of aryl methyl sites for hydroxylation is 1. The van der Waals surface area contributed by atoms with Crippen molar-refractivity contribution in [1.29, 1.82) is 0 Å². The van der Waals surface area contributed by atoms with Crippen molar-refractivity contribution in [3.05, 3.63) is 30.0 Å². The summed E-state index contributed by atoms with van der Waals surface area (Å²) in [6.07, 6.45) is 2.45. The van der Waals surface area contributed by atoms with Crippen LogP contribution in [-0.4, -0.2) is 46.0 Å². The van der Waals surface area contributed by atoms with Gasteiger partial charge in [-0.1, -0.05) is 6.07 Å². The first kappa shape index (κ1) is 16.3. The van der Waals surface area contributed by atoms with Gasteiger partial charge < -0.3 is 20.9 Å². The molecule has 3 aromatic rings. The van der Waals surface area contributed by atoms with Crippen molar-refractivity contribution in [3.8, 4) is 11.5 Å². The van der Waals surface area contributed by atoms with Crippen molar-refractivity contribution in [1.82, 2.24) is 25.3 Å². The summed E-state index contributed by atoms with van der Waals surface area (Å²) in [5.41, 5.74) is 9.53. The molecule has 1 aliphatic heterocycles. The number of anilines is 2. The van der Waals surface area contributed by atoms with E-state index in [1.807, 2.05) is 25.1 Å². The van der Waals surface area contributed by atoms with Crippen LogP contribution in [0, 0.1) is 12.8 Å². The Bertz CT molecular complexity index is 987. The van der Waals surface area contributed by atoms with E-state index >= 15 is 0 Å². The molecule has 8 heteroatoms. The number of carbonyl (C=O) groups excluding carboxylic acids is 1. The Balaban J connectivity index is 0.00000210. The second-order valence-electron chi connectivity index (χ2n) is 6.61. The van der Waals surface area contributed by atoms with Crippen LogP contribution in [0.15, 0.2) is 24.4 Å². The minimum absolute atomic E-state index is 0. The third-order valence-electron chi connectivity index (χ3n) is 4.78. The highest BCUT2D eigenvalue weighted by Gasteiger charge is 2.29. The predicted octanol–water partition coefficient (Wildman–Crippen LogP) is 1.73. The van der Waals surface area contributed by atoms with E-state index in [1.54, 1.807) is 13.2 Å². The molecule has 1 atom stereocenters. The van der Waals surface area contributed by atoms with Crippen molar-refractivity contribution in [2.45, 2.75) is 13.3 Å². The molecule has 4 rings (SSSR count). The fourth-order valence-corrected chi connectivity index (χ4v) is 3.34. The number of nitrogens with zero attached hydrogens (tertiary/aromatic N) is 4. The van der Waals surface area contributed by atoms with Crippen molar-refractivity contribution < 1.29 is 6.22 Å². The largest absolute Gasteiger partial charge is 0.382 e. The van der Waals surface area contributed by atoms with Crippen LogP contribution in [0.5, 0.6) is 0 Å². The maximum Gasteiger partial charge on any atom is 0.224 e. The molecule has 136 valence electrons. The van der Waals surface area contributed by atoms with Crippen molar-refractivity contribution in [2.75, 3.05) is 30.8 Å². The van der Waals surface area contributed by atoms with Crippen LogP contribution in [0.1, 0.15) is 13.4 Å². The Kier molecular flexibility index (Phi) is 3.95. The Morgan fingerprint density at radius 1 is 1.42 bits per heavy atom. The van der Waals surface area contributed by atoms with E-state index in [-0.39, 0.29) is 13.3 Å². The summed E-state index contributed by atoms with van der Waals surface area (Å²) >= 11 is 0. The van der Waals surface area contributed by atoms with Crippen molar-refractivity contribution in [3.63, 3.8) is 0 Å². The predicted molar refractivity (Wildman–Crippen MR) is 103 cm³/mol. The quantitative estimate of drug-likeness (QED) is 0.661. The summed E-state index contributed by atoms with van der Waals surface area (Å²) < 4.78 is 0. The van der Waals surface area contributed by atoms with Gasteiger partial charge in [-0.2, -0.15) is 0 Å². The number of imidazole rings is 1. The number of aromatic nitrogens is 4. The standard InChI is InChI=1S/C18H21N7O.H2/c1-10-3-4-12-13(7-10)23-17(22-12)15-16(19)21-8-14(24-15)25-6-5-11(9-25)18(26)20-2;/h3-4,7-8,11H,5-6,9H2,1-2H3,(H2,19,21)(H,20,26)(H,22,23);1H/t11-;/m0./s1. The first-order valence-corrected chi connectivity index (χ1v) is 8.61. The molecule has 8 nitrogen and oxygen atoms in total. The minimum Gasteiger partial charge on any atom is -0.382 e. The summed E-state index contributed by atoms with van der Waals surface area (Å²) in [5.74, 6) is 1.66. The average Bonchev–Trinajstić information content (AvgIpc) is 3.28. The maximum atomic E-state index is 11.9. The lowest BCUT2D eigenvalue weighted by Gasteiger charge is -2.17. The van der Waals surface area contributed by atoms with Crippen LogP contribution in [0.2, 0.25) is 0 Å². The van der Waals surface area contributed by atoms with Gasteiger partial charge in [-0.05, 0) is 31.0 Å². The monoisotopic (exact) mass is 353 g/mol. The van der Waals surface area contributed by atoms with Gasteiger partial charge in [0.1, 0.15) is 5.82 Å². The molecule has 0 radical (unpaired) electrons. The Morgan fingerprint density at radius 2 is 2.27 bits per heavy atom. The van der Waals surface area contributed by atoms with Gasteiger partial charge in [-0.25, -0.2) is 15.0 Å². The van der Waals surface area contributed by atoms with Crippen LogP contribution in [0.25, 0.3) is 22.6 Å². The third kappa shape index (κ3) is 2.83. The fourth-order valence-electron chi connectivity index (χ4n) is 3.34. The number of benzene rings is 1. The number of carbonyl (C=O) groups is 1. The molecule has 1 saturated heterocycles. The normalized spacial score (nSPS) is 17.0. The van der Waals surface area contributed by atoms with Gasteiger partial charge >= 0.3 is 0 Å². The first-order chi connectivity index (χ1) is 12.5. The summed E-state index contributed by atoms with van der Waals surface area (Å²) in [4.78, 5) is 30.7. The minimum atomic E-state index is -0.0306. The van der Waals surface area contributed by atoms with Crippen molar-refractivity contribution >= 4 is 28.6 Å². The van der Waals surface area contributed by atoms with Crippen molar-refractivity contribution in [2.24, 2.45) is 5.92 Å². The van der Waals surface area contributed by atoms with Crippen LogP contribution in [0.4, 0.5) is 11.6 Å². The van der Waals surface area contributed by atoms with Gasteiger partial charge in [0.25, 0.3) is 0 Å². The number of nitrogens with one attached hydrogen (secondary N) is 2. The number of nitrogens with two attached hydrogens (primary N) is 1. The highest BCUT2D eigenvalue weighted by molar-refractivity contribution is 5.82. The van der Waals surface area contributed by atoms with E-state index in [9.17, 15) is 4.79 Å². The molecular weight excluding hydrogens is 330 g/mol. The number of hydrogen-bond acceptors (Lipinski definition) is 6. The molecule has 1 amide bonds. The summed E-state index contributed by atoms with van der Waals surface area (Å²) in [6, 6.07) is 6.02. The smallest absolute Gasteiger partial charge is 0.224 e. The van der Waals surface area contributed by atoms with Gasteiger partial charge in [0.15, 0.2) is 17.3 Å². The Morgan fingerprint density at radius 3 is 3.08 bits per heavy atom. The lowest BCUT2D eigenvalue weighted by Crippen LogP contribution is -2.30. The Labute approximate surface area is 152 Å². The molecule has 1 aliphatic rings. The van der Waals surface area contributed by atoms with E-state index in [0.717, 1.165) is 29.6 Å². The number of H-pyrrole nitrogens is 1. The zero-order chi connectivity index (χ0) is 18.3. The van der Waals surface area contributed by atoms with Crippen LogP contribution in [0.3, 0.4) is 0 Å². The molecule has 0 saturated carbocycles. The number of hydrogen-bond donors (Lipinski definition) is 3. The zero-order valence-electron chi connectivity index (χ0n) is 14.8. The summed E-state index contributed by atoms with van der Waals surface area (Å²) in [6.45, 7) is 3.41. The topological polar surface area (TPSA) is 113 Å². The molecule has 1 aromatic carbocycles. The fraction of sp³-hybridized carbons (Fsp3) is 0.333. The van der Waals surface area contributed by atoms with Gasteiger partial charge in [0, 0.05) is 21.6 Å². The van der Waals surface area contributed by atoms with E-state index in [4.69, 9.17) is 5.73 Å². The average molecular weight is 353 g/mol. The number of amides is 1. The van der Waals surface area contributed by atoms with Crippen LogP contribution >= 0.6 is 0 Å². The highest BCUT2D eigenvalue weighted by atomic mass is 16.1. The van der Waals surface area contributed by atoms with E-state index < -0.39 is 0 Å². The van der Waals surface area contributed by atoms with E-state index in [0.29, 0.717) is 29.7 Å². The molecule has 0 bridgehead atoms. The summed E-state index contributed by atoms with van der Waals surface area (Å²) in [5, 5.41) is 2.71. The van der Waals surface area contributed by atoms with E-state index in [2.05, 4.69) is 30.2 Å². The van der Waals surface area contributed by atoms with Crippen LogP contribution < -0.4 is 16.0 Å². The van der Waals surface area contributed by atoms with Gasteiger partial charge in [-0.3, -0.25) is 4.79 Å². The Hall–Kier alpha value is -3.16. The van der Waals surface area contributed by atoms with E-state index in [1.165, 1.54) is 0 Å². The maximum absolute atomic E-state index is 11.9. The molecular formula is C18H23N7O. The number of fused-ring (bicyclic) bond motifs is 1. The summed E-state index contributed by atoms with van der Waals surface area (Å²) in [7, 11) is 1.66. The number of aromatic amines is 1. The van der Waals surface area contributed by atoms with Gasteiger partial charge in [0.2, 0.25) is 5.91 Å². The third-order valence-corrected chi connectivity index (χ3v) is 4.78. The number of rotatable bonds is 3. The molecule has 1 fully saturated rings. The molecule has 26 heavy (non-hydrogen) atoms. The molecule has 0 spiro atoms. The molecule has 3 heterocycles. The molecule has 4 N–H and O–H groups in total. The van der Waals surface area contributed by atoms with Crippen LogP contribution in [-0.2, 0) is 4.79 Å². The zero-order valence-corrected chi connectivity index (χ0v) is 14.8. The molecule has 0 unspecified atom stereocenters. The first-order valence-electron chi connectivity index (χ1n) is 8.61. The lowest BCUT2D eigenvalue weighted by molar-refractivity contribution is -0.123. The lowest BCUT2D eigenvalue weighted by atomic mass is 10.1. The highest BCUT2D eigenvalue weighted by Crippen LogP contribution is 2.28. The molecule has 2 aromatic heterocycles. The second kappa shape index (κ2) is 6.29. The number of nitrogen functional groups attached to an aromatic ring is 1. The van der Waals surface area contributed by atoms with Gasteiger partial charge in [0.05, 0.1) is 23.1 Å². The second-order valence-corrected chi connectivity index (χ2v) is 6.61. The SMILES string of the molecule is CNC(=O)[C@H]1CCN(c2cnc(N)c(-c3nc4ccc(C)cc4[nH]3)n2)C1.[HH].